The van der Waals surface area contributed by atoms with E-state index >= 15 is 0 Å². The van der Waals surface area contributed by atoms with Crippen molar-refractivity contribution < 1.29 is 18.4 Å². The number of anilines is 1. The summed E-state index contributed by atoms with van der Waals surface area (Å²) < 4.78 is 16.9. The average Bonchev–Trinajstić information content (AvgIpc) is 3.51. The molecule has 0 saturated heterocycles. The summed E-state index contributed by atoms with van der Waals surface area (Å²) >= 11 is 12.3. The number of carbonyl (C=O) groups excluding carboxylic acids is 1. The van der Waals surface area contributed by atoms with Crippen LogP contribution >= 0.6 is 23.2 Å². The minimum absolute atomic E-state index is 0.316. The van der Waals surface area contributed by atoms with Crippen molar-refractivity contribution in [3.63, 3.8) is 0 Å². The van der Waals surface area contributed by atoms with Gasteiger partial charge in [-0.15, -0.1) is 0 Å². The summed E-state index contributed by atoms with van der Waals surface area (Å²) in [6, 6.07) is 21.5. The molecule has 0 aliphatic heterocycles. The monoisotopic (exact) mass is 504 g/mol. The second-order valence-electron chi connectivity index (χ2n) is 7.56. The first-order valence-electron chi connectivity index (χ1n) is 10.6. The molecule has 5 rings (SSSR count). The predicted molar refractivity (Wildman–Crippen MR) is 138 cm³/mol. The van der Waals surface area contributed by atoms with Crippen LogP contribution in [0.1, 0.15) is 5.76 Å². The van der Waals surface area contributed by atoms with Crippen molar-refractivity contribution in [2.75, 3.05) is 12.4 Å². The number of amides is 1. The number of halogens is 2. The van der Waals surface area contributed by atoms with Gasteiger partial charge >= 0.3 is 0 Å². The first-order valence-corrected chi connectivity index (χ1v) is 11.3. The predicted octanol–water partition coefficient (Wildman–Crippen LogP) is 7.72. The van der Waals surface area contributed by atoms with Gasteiger partial charge in [0.1, 0.15) is 22.8 Å². The van der Waals surface area contributed by atoms with Crippen molar-refractivity contribution >= 4 is 52.0 Å². The maximum Gasteiger partial charge on any atom is 0.248 e. The number of nitrogens with zero attached hydrogens (tertiary/aromatic N) is 1. The highest BCUT2D eigenvalue weighted by Gasteiger charge is 2.12. The smallest absolute Gasteiger partial charge is 0.248 e. The van der Waals surface area contributed by atoms with Crippen LogP contribution < -0.4 is 10.1 Å². The molecule has 174 valence electrons. The Bertz CT molecular complexity index is 1570. The van der Waals surface area contributed by atoms with Gasteiger partial charge in [-0.1, -0.05) is 35.3 Å². The largest absolute Gasteiger partial charge is 0.497 e. The fraction of sp³-hybridized carbons (Fsp3) is 0.0370. The number of nitrogens with one attached hydrogen (secondary N) is 1. The van der Waals surface area contributed by atoms with Gasteiger partial charge < -0.3 is 18.9 Å². The number of ether oxygens (including phenoxy) is 1. The zero-order valence-electron chi connectivity index (χ0n) is 18.4. The van der Waals surface area contributed by atoms with Gasteiger partial charge in [0.05, 0.1) is 17.2 Å². The summed E-state index contributed by atoms with van der Waals surface area (Å²) in [5, 5.41) is 3.69. The lowest BCUT2D eigenvalue weighted by Gasteiger charge is -2.03. The molecule has 0 atom stereocenters. The molecule has 2 aromatic heterocycles. The molecule has 35 heavy (non-hydrogen) atoms. The molecule has 1 N–H and O–H groups in total. The highest BCUT2D eigenvalue weighted by Crippen LogP contribution is 2.34. The summed E-state index contributed by atoms with van der Waals surface area (Å²) in [5.74, 6) is 1.89. The van der Waals surface area contributed by atoms with Crippen molar-refractivity contribution in [1.82, 2.24) is 4.98 Å². The Balaban J connectivity index is 1.29. The Kier molecular flexibility index (Phi) is 6.31. The maximum absolute atomic E-state index is 12.5. The molecule has 0 saturated carbocycles. The summed E-state index contributed by atoms with van der Waals surface area (Å²) in [7, 11) is 1.60. The van der Waals surface area contributed by atoms with Crippen LogP contribution in [0.5, 0.6) is 5.75 Å². The van der Waals surface area contributed by atoms with Crippen LogP contribution in [0, 0.1) is 0 Å². The van der Waals surface area contributed by atoms with Crippen molar-refractivity contribution in [3.05, 3.63) is 94.7 Å². The Morgan fingerprint density at radius 3 is 2.71 bits per heavy atom. The first-order chi connectivity index (χ1) is 17.0. The number of fused-ring (bicyclic) bond motifs is 1. The van der Waals surface area contributed by atoms with E-state index in [1.165, 1.54) is 6.08 Å². The van der Waals surface area contributed by atoms with E-state index in [0.29, 0.717) is 55.6 Å². The number of benzene rings is 3. The van der Waals surface area contributed by atoms with Crippen LogP contribution in [0.4, 0.5) is 5.69 Å². The number of carbonyl (C=O) groups is 1. The Hall–Kier alpha value is -4.00. The summed E-state index contributed by atoms with van der Waals surface area (Å²) in [4.78, 5) is 17.0. The van der Waals surface area contributed by atoms with E-state index in [0.717, 1.165) is 5.56 Å². The molecule has 0 spiro atoms. The minimum Gasteiger partial charge on any atom is -0.497 e. The number of methoxy groups -OCH3 is 1. The molecule has 0 aliphatic carbocycles. The van der Waals surface area contributed by atoms with Gasteiger partial charge in [0.2, 0.25) is 11.8 Å². The quantitative estimate of drug-likeness (QED) is 0.239. The van der Waals surface area contributed by atoms with Crippen LogP contribution in [0.2, 0.25) is 10.0 Å². The lowest BCUT2D eigenvalue weighted by Crippen LogP contribution is -2.07. The van der Waals surface area contributed by atoms with Gasteiger partial charge in [-0.3, -0.25) is 4.79 Å². The molecular formula is C27H18Cl2N2O4. The number of furan rings is 1. The SMILES string of the molecule is COc1ccc2oc(-c3cccc(NC(=O)C=Cc4ccc(-c5cccc(Cl)c5Cl)o4)c3)nc2c1. The minimum atomic E-state index is -0.316. The Morgan fingerprint density at radius 2 is 1.86 bits per heavy atom. The summed E-state index contributed by atoms with van der Waals surface area (Å²) in [5.41, 5.74) is 3.35. The maximum atomic E-state index is 12.5. The fourth-order valence-corrected chi connectivity index (χ4v) is 3.90. The highest BCUT2D eigenvalue weighted by atomic mass is 35.5. The lowest BCUT2D eigenvalue weighted by atomic mass is 10.2. The van der Waals surface area contributed by atoms with E-state index in [2.05, 4.69) is 10.3 Å². The molecular weight excluding hydrogens is 487 g/mol. The molecule has 0 aliphatic rings. The molecule has 2 heterocycles. The standard InChI is InChI=1S/C27H18Cl2N2O4/c1-33-19-9-12-24-22(15-19)31-27(35-24)16-4-2-5-17(14-16)30-25(32)13-10-18-8-11-23(34-18)20-6-3-7-21(28)26(20)29/h2-15H,1H3,(H,30,32). The Morgan fingerprint density at radius 1 is 1.00 bits per heavy atom. The molecule has 6 nitrogen and oxygen atoms in total. The van der Waals surface area contributed by atoms with E-state index in [1.807, 2.05) is 30.3 Å². The normalized spacial score (nSPS) is 11.3. The van der Waals surface area contributed by atoms with Gasteiger partial charge in [-0.2, -0.15) is 0 Å². The average molecular weight is 505 g/mol. The number of rotatable bonds is 6. The number of aromatic nitrogens is 1. The topological polar surface area (TPSA) is 77.5 Å². The van der Waals surface area contributed by atoms with Crippen molar-refractivity contribution in [2.24, 2.45) is 0 Å². The van der Waals surface area contributed by atoms with Crippen LogP contribution in [0.15, 0.2) is 87.7 Å². The molecule has 0 bridgehead atoms. The van der Waals surface area contributed by atoms with Gasteiger partial charge in [-0.05, 0) is 60.7 Å². The number of hydrogen-bond donors (Lipinski definition) is 1. The molecule has 0 radical (unpaired) electrons. The van der Waals surface area contributed by atoms with Gasteiger partial charge in [0.15, 0.2) is 5.58 Å². The van der Waals surface area contributed by atoms with Crippen LogP contribution in [0.25, 0.3) is 40.0 Å². The van der Waals surface area contributed by atoms with Crippen LogP contribution in [0.3, 0.4) is 0 Å². The Labute approximate surface area is 210 Å². The third kappa shape index (κ3) is 4.94. The third-order valence-electron chi connectivity index (χ3n) is 5.21. The second-order valence-corrected chi connectivity index (χ2v) is 8.34. The zero-order chi connectivity index (χ0) is 24.4. The number of oxazole rings is 1. The van der Waals surface area contributed by atoms with Gasteiger partial charge in [0, 0.05) is 29.0 Å². The van der Waals surface area contributed by atoms with Crippen LogP contribution in [-0.2, 0) is 4.79 Å². The van der Waals surface area contributed by atoms with E-state index in [9.17, 15) is 4.79 Å². The number of hydrogen-bond acceptors (Lipinski definition) is 5. The lowest BCUT2D eigenvalue weighted by molar-refractivity contribution is -0.111. The third-order valence-corrected chi connectivity index (χ3v) is 6.03. The summed E-state index contributed by atoms with van der Waals surface area (Å²) in [6.45, 7) is 0. The molecule has 3 aromatic carbocycles. The molecule has 5 aromatic rings. The molecule has 1 amide bonds. The second kappa shape index (κ2) is 9.70. The van der Waals surface area contributed by atoms with Crippen molar-refractivity contribution in [3.8, 4) is 28.5 Å². The molecule has 0 unspecified atom stereocenters. The summed E-state index contributed by atoms with van der Waals surface area (Å²) in [6.07, 6.45) is 2.97. The zero-order valence-corrected chi connectivity index (χ0v) is 19.9. The van der Waals surface area contributed by atoms with E-state index in [-0.39, 0.29) is 5.91 Å². The van der Waals surface area contributed by atoms with E-state index in [4.69, 9.17) is 36.8 Å². The first kappa shape index (κ1) is 22.8. The molecule has 0 fully saturated rings. The van der Waals surface area contributed by atoms with Crippen LogP contribution in [-0.4, -0.2) is 18.0 Å². The van der Waals surface area contributed by atoms with Crippen molar-refractivity contribution in [1.29, 1.82) is 0 Å². The fourth-order valence-electron chi connectivity index (χ4n) is 3.51. The van der Waals surface area contributed by atoms with Gasteiger partial charge in [0.25, 0.3) is 0 Å². The van der Waals surface area contributed by atoms with Crippen molar-refractivity contribution in [2.45, 2.75) is 0 Å². The van der Waals surface area contributed by atoms with E-state index in [1.54, 1.807) is 55.7 Å². The highest BCUT2D eigenvalue weighted by molar-refractivity contribution is 6.43. The molecule has 8 heteroatoms. The van der Waals surface area contributed by atoms with E-state index < -0.39 is 0 Å². The van der Waals surface area contributed by atoms with Gasteiger partial charge in [-0.25, -0.2) is 4.98 Å².